The summed E-state index contributed by atoms with van der Waals surface area (Å²) in [5, 5.41) is 0. The molecule has 0 aliphatic rings. The zero-order valence-corrected chi connectivity index (χ0v) is 13.3. The van der Waals surface area contributed by atoms with E-state index in [0.717, 1.165) is 18.4 Å². The third-order valence-corrected chi connectivity index (χ3v) is 4.50. The summed E-state index contributed by atoms with van der Waals surface area (Å²) in [5.41, 5.74) is 1.34. The largest absolute Gasteiger partial charge is 0.435 e. The van der Waals surface area contributed by atoms with Gasteiger partial charge in [0, 0.05) is 5.69 Å². The van der Waals surface area contributed by atoms with Crippen molar-refractivity contribution in [3.8, 4) is 5.75 Å². The number of aryl methyl sites for hydroxylation is 1. The number of ether oxygens (including phenoxy) is 1. The summed E-state index contributed by atoms with van der Waals surface area (Å²) in [6, 6.07) is 11.9. The molecular weight excluding hydrogens is 324 g/mol. The standard InChI is InChI=1S/C16H17F2NO3S/c1-2-3-12-4-10-15(11-5-12)23(20,21)19-13-6-8-14(9-7-13)22-16(17)18/h4-11,16,19H,2-3H2,1H3. The van der Waals surface area contributed by atoms with Gasteiger partial charge in [0.1, 0.15) is 5.75 Å². The van der Waals surface area contributed by atoms with Crippen molar-refractivity contribution in [1.82, 2.24) is 0 Å². The van der Waals surface area contributed by atoms with Gasteiger partial charge in [-0.3, -0.25) is 4.72 Å². The molecule has 0 unspecified atom stereocenters. The molecule has 2 rings (SSSR count). The molecule has 124 valence electrons. The van der Waals surface area contributed by atoms with Crippen LogP contribution in [0.25, 0.3) is 0 Å². The number of alkyl halides is 2. The Hall–Kier alpha value is -2.15. The first-order chi connectivity index (χ1) is 10.9. The summed E-state index contributed by atoms with van der Waals surface area (Å²) >= 11 is 0. The summed E-state index contributed by atoms with van der Waals surface area (Å²) in [6.07, 6.45) is 1.87. The Morgan fingerprint density at radius 3 is 2.17 bits per heavy atom. The molecule has 2 aromatic carbocycles. The average molecular weight is 341 g/mol. The molecule has 0 aromatic heterocycles. The van der Waals surface area contributed by atoms with E-state index >= 15 is 0 Å². The number of nitrogens with one attached hydrogen (secondary N) is 1. The van der Waals surface area contributed by atoms with Crippen LogP contribution in [0.3, 0.4) is 0 Å². The van der Waals surface area contributed by atoms with Crippen LogP contribution in [0.1, 0.15) is 18.9 Å². The highest BCUT2D eigenvalue weighted by molar-refractivity contribution is 7.92. The van der Waals surface area contributed by atoms with Gasteiger partial charge in [-0.05, 0) is 48.4 Å². The van der Waals surface area contributed by atoms with E-state index in [1.165, 1.54) is 24.3 Å². The van der Waals surface area contributed by atoms with E-state index in [0.29, 0.717) is 0 Å². The fraction of sp³-hybridized carbons (Fsp3) is 0.250. The highest BCUT2D eigenvalue weighted by atomic mass is 32.2. The summed E-state index contributed by atoms with van der Waals surface area (Å²) in [4.78, 5) is 0.144. The Bertz CT molecular complexity index is 729. The highest BCUT2D eigenvalue weighted by Crippen LogP contribution is 2.21. The van der Waals surface area contributed by atoms with Crippen LogP contribution in [0.4, 0.5) is 14.5 Å². The number of halogens is 2. The smallest absolute Gasteiger partial charge is 0.387 e. The van der Waals surface area contributed by atoms with Gasteiger partial charge >= 0.3 is 6.61 Å². The Balaban J connectivity index is 2.11. The minimum atomic E-state index is -3.72. The van der Waals surface area contributed by atoms with Crippen molar-refractivity contribution in [3.05, 3.63) is 54.1 Å². The quantitative estimate of drug-likeness (QED) is 0.827. The van der Waals surface area contributed by atoms with Gasteiger partial charge in [-0.15, -0.1) is 0 Å². The summed E-state index contributed by atoms with van der Waals surface area (Å²) < 4.78 is 55.3. The van der Waals surface area contributed by atoms with Gasteiger partial charge in [0.2, 0.25) is 0 Å². The van der Waals surface area contributed by atoms with E-state index in [2.05, 4.69) is 9.46 Å². The maximum atomic E-state index is 12.3. The zero-order valence-electron chi connectivity index (χ0n) is 12.5. The van der Waals surface area contributed by atoms with Crippen LogP contribution in [0.15, 0.2) is 53.4 Å². The molecule has 0 heterocycles. The molecule has 1 N–H and O–H groups in total. The van der Waals surface area contributed by atoms with Crippen molar-refractivity contribution in [2.75, 3.05) is 4.72 Å². The molecule has 0 aliphatic carbocycles. The van der Waals surface area contributed by atoms with Crippen molar-refractivity contribution in [2.24, 2.45) is 0 Å². The predicted molar refractivity (Wildman–Crippen MR) is 84.3 cm³/mol. The van der Waals surface area contributed by atoms with Crippen LogP contribution in [-0.2, 0) is 16.4 Å². The molecule has 23 heavy (non-hydrogen) atoms. The predicted octanol–water partition coefficient (Wildman–Crippen LogP) is 4.04. The van der Waals surface area contributed by atoms with Gasteiger partial charge in [-0.1, -0.05) is 25.5 Å². The van der Waals surface area contributed by atoms with Gasteiger partial charge in [0.15, 0.2) is 0 Å². The lowest BCUT2D eigenvalue weighted by Gasteiger charge is -2.10. The molecule has 0 spiro atoms. The molecular formula is C16H17F2NO3S. The van der Waals surface area contributed by atoms with Crippen LogP contribution in [0, 0.1) is 0 Å². The van der Waals surface area contributed by atoms with E-state index in [-0.39, 0.29) is 16.3 Å². The maximum Gasteiger partial charge on any atom is 0.387 e. The van der Waals surface area contributed by atoms with Crippen molar-refractivity contribution in [3.63, 3.8) is 0 Å². The number of sulfonamides is 1. The van der Waals surface area contributed by atoms with Crippen molar-refractivity contribution >= 4 is 15.7 Å². The van der Waals surface area contributed by atoms with Gasteiger partial charge in [-0.2, -0.15) is 8.78 Å². The molecule has 0 saturated heterocycles. The number of rotatable bonds is 7. The van der Waals surface area contributed by atoms with E-state index in [9.17, 15) is 17.2 Å². The van der Waals surface area contributed by atoms with Gasteiger partial charge in [0.25, 0.3) is 10.0 Å². The van der Waals surface area contributed by atoms with Crippen LogP contribution >= 0.6 is 0 Å². The van der Waals surface area contributed by atoms with E-state index < -0.39 is 16.6 Å². The Kier molecular flexibility index (Phi) is 5.54. The molecule has 7 heteroatoms. The van der Waals surface area contributed by atoms with Crippen molar-refractivity contribution in [2.45, 2.75) is 31.3 Å². The second-order valence-corrected chi connectivity index (χ2v) is 6.58. The first kappa shape index (κ1) is 17.2. The molecule has 0 radical (unpaired) electrons. The van der Waals surface area contributed by atoms with Crippen LogP contribution in [0.2, 0.25) is 0 Å². The topological polar surface area (TPSA) is 55.4 Å². The van der Waals surface area contributed by atoms with Crippen molar-refractivity contribution < 1.29 is 21.9 Å². The fourth-order valence-electron chi connectivity index (χ4n) is 2.04. The molecule has 2 aromatic rings. The van der Waals surface area contributed by atoms with Crippen LogP contribution in [0.5, 0.6) is 5.75 Å². The molecule has 0 aliphatic heterocycles. The van der Waals surface area contributed by atoms with Crippen LogP contribution in [-0.4, -0.2) is 15.0 Å². The first-order valence-corrected chi connectivity index (χ1v) is 8.55. The number of hydrogen-bond acceptors (Lipinski definition) is 3. The number of anilines is 1. The summed E-state index contributed by atoms with van der Waals surface area (Å²) in [5.74, 6) is -0.0353. The third-order valence-electron chi connectivity index (χ3n) is 3.10. The number of benzene rings is 2. The SMILES string of the molecule is CCCc1ccc(S(=O)(=O)Nc2ccc(OC(F)F)cc2)cc1. The molecule has 4 nitrogen and oxygen atoms in total. The summed E-state index contributed by atoms with van der Waals surface area (Å²) in [7, 11) is -3.72. The molecule has 0 fully saturated rings. The van der Waals surface area contributed by atoms with Crippen LogP contribution < -0.4 is 9.46 Å². The average Bonchev–Trinajstić information content (AvgIpc) is 2.49. The van der Waals surface area contributed by atoms with E-state index in [4.69, 9.17) is 0 Å². The fourth-order valence-corrected chi connectivity index (χ4v) is 3.10. The van der Waals surface area contributed by atoms with Crippen molar-refractivity contribution in [1.29, 1.82) is 0 Å². The van der Waals surface area contributed by atoms with Gasteiger partial charge < -0.3 is 4.74 Å². The Labute approximate surface area is 134 Å². The minimum Gasteiger partial charge on any atom is -0.435 e. The first-order valence-electron chi connectivity index (χ1n) is 7.07. The molecule has 0 saturated carbocycles. The Morgan fingerprint density at radius 2 is 1.65 bits per heavy atom. The minimum absolute atomic E-state index is 0.0353. The monoisotopic (exact) mass is 341 g/mol. The lowest BCUT2D eigenvalue weighted by molar-refractivity contribution is -0.0498. The second-order valence-electron chi connectivity index (χ2n) is 4.90. The van der Waals surface area contributed by atoms with E-state index in [1.807, 2.05) is 6.92 Å². The molecule has 0 atom stereocenters. The molecule has 0 bridgehead atoms. The molecule has 0 amide bonds. The summed E-state index contributed by atoms with van der Waals surface area (Å²) in [6.45, 7) is -0.868. The highest BCUT2D eigenvalue weighted by Gasteiger charge is 2.14. The second kappa shape index (κ2) is 7.41. The Morgan fingerprint density at radius 1 is 1.04 bits per heavy atom. The normalized spacial score (nSPS) is 11.5. The maximum absolute atomic E-state index is 12.3. The lowest BCUT2D eigenvalue weighted by atomic mass is 10.1. The lowest BCUT2D eigenvalue weighted by Crippen LogP contribution is -2.13. The zero-order chi connectivity index (χ0) is 16.9. The van der Waals surface area contributed by atoms with Gasteiger partial charge in [-0.25, -0.2) is 8.42 Å². The van der Waals surface area contributed by atoms with Gasteiger partial charge in [0.05, 0.1) is 4.90 Å². The third kappa shape index (κ3) is 4.92. The van der Waals surface area contributed by atoms with E-state index in [1.54, 1.807) is 24.3 Å². The number of hydrogen-bond donors (Lipinski definition) is 1.